The molecule has 0 unspecified atom stereocenters. The molecule has 0 saturated carbocycles. The fraction of sp³-hybridized carbons (Fsp3) is 0.211. The summed E-state index contributed by atoms with van der Waals surface area (Å²) in [6.45, 7) is -1.31. The summed E-state index contributed by atoms with van der Waals surface area (Å²) in [5.74, 6) is -3.62. The highest BCUT2D eigenvalue weighted by molar-refractivity contribution is 5.97. The summed E-state index contributed by atoms with van der Waals surface area (Å²) in [4.78, 5) is 35.5. The zero-order chi connectivity index (χ0) is 21.4. The van der Waals surface area contributed by atoms with Gasteiger partial charge in [0.15, 0.2) is 6.61 Å². The van der Waals surface area contributed by atoms with Gasteiger partial charge in [0.05, 0.1) is 14.2 Å². The van der Waals surface area contributed by atoms with Crippen molar-refractivity contribution in [1.29, 1.82) is 0 Å². The summed E-state index contributed by atoms with van der Waals surface area (Å²) in [6, 6.07) is 7.53. The average Bonchev–Trinajstić information content (AvgIpc) is 2.72. The van der Waals surface area contributed by atoms with Crippen molar-refractivity contribution in [3.05, 3.63) is 53.6 Å². The highest BCUT2D eigenvalue weighted by atomic mass is 19.1. The van der Waals surface area contributed by atoms with Crippen LogP contribution in [0.3, 0.4) is 0 Å². The highest BCUT2D eigenvalue weighted by Crippen LogP contribution is 2.22. The van der Waals surface area contributed by atoms with Gasteiger partial charge in [-0.2, -0.15) is 0 Å². The van der Waals surface area contributed by atoms with Crippen molar-refractivity contribution in [2.75, 3.05) is 32.7 Å². The summed E-state index contributed by atoms with van der Waals surface area (Å²) < 4.78 is 41.7. The zero-order valence-corrected chi connectivity index (χ0v) is 15.6. The molecule has 0 aromatic heterocycles. The minimum absolute atomic E-state index is 0.182. The predicted molar refractivity (Wildman–Crippen MR) is 97.8 cm³/mol. The summed E-state index contributed by atoms with van der Waals surface area (Å²) >= 11 is 0. The number of carbonyl (C=O) groups excluding carboxylic acids is 3. The highest BCUT2D eigenvalue weighted by Gasteiger charge is 2.15. The van der Waals surface area contributed by atoms with E-state index in [0.717, 1.165) is 18.2 Å². The van der Waals surface area contributed by atoms with E-state index in [1.165, 1.54) is 26.4 Å². The molecule has 2 amide bonds. The van der Waals surface area contributed by atoms with Gasteiger partial charge in [0.25, 0.3) is 11.8 Å². The van der Waals surface area contributed by atoms with Crippen molar-refractivity contribution >= 4 is 23.5 Å². The largest absolute Gasteiger partial charge is 0.497 e. The van der Waals surface area contributed by atoms with Gasteiger partial charge >= 0.3 is 5.97 Å². The van der Waals surface area contributed by atoms with E-state index in [1.54, 1.807) is 6.07 Å². The van der Waals surface area contributed by atoms with E-state index in [0.29, 0.717) is 11.5 Å². The molecule has 0 aliphatic carbocycles. The van der Waals surface area contributed by atoms with E-state index in [2.05, 4.69) is 10.1 Å². The molecule has 2 aromatic carbocycles. The van der Waals surface area contributed by atoms with Gasteiger partial charge in [-0.05, 0) is 24.3 Å². The van der Waals surface area contributed by atoms with Gasteiger partial charge in [-0.25, -0.2) is 8.78 Å². The molecule has 0 aliphatic heterocycles. The molecule has 2 N–H and O–H groups in total. The molecule has 0 fully saturated rings. The minimum Gasteiger partial charge on any atom is -0.497 e. The number of para-hydroxylation sites is 1. The Morgan fingerprint density at radius 1 is 0.966 bits per heavy atom. The number of nitrogens with one attached hydrogen (secondary N) is 2. The number of methoxy groups -OCH3 is 2. The van der Waals surface area contributed by atoms with Crippen LogP contribution in [0.2, 0.25) is 0 Å². The van der Waals surface area contributed by atoms with Crippen molar-refractivity contribution in [1.82, 2.24) is 5.32 Å². The van der Waals surface area contributed by atoms with Crippen molar-refractivity contribution in [2.24, 2.45) is 0 Å². The third-order valence-corrected chi connectivity index (χ3v) is 3.60. The first-order chi connectivity index (χ1) is 13.8. The lowest BCUT2D eigenvalue weighted by Crippen LogP contribution is -2.32. The fourth-order valence-electron chi connectivity index (χ4n) is 2.18. The van der Waals surface area contributed by atoms with Gasteiger partial charge in [-0.3, -0.25) is 14.4 Å². The van der Waals surface area contributed by atoms with Crippen LogP contribution in [-0.2, 0) is 14.3 Å². The van der Waals surface area contributed by atoms with Crippen molar-refractivity contribution in [2.45, 2.75) is 0 Å². The smallest absolute Gasteiger partial charge is 0.325 e. The Morgan fingerprint density at radius 3 is 2.10 bits per heavy atom. The maximum atomic E-state index is 13.5. The lowest BCUT2D eigenvalue weighted by Gasteiger charge is -2.10. The Labute approximate surface area is 164 Å². The van der Waals surface area contributed by atoms with Gasteiger partial charge in [-0.1, -0.05) is 6.07 Å². The summed E-state index contributed by atoms with van der Waals surface area (Å²) in [6.07, 6.45) is 0. The van der Waals surface area contributed by atoms with Crippen molar-refractivity contribution in [3.8, 4) is 11.5 Å². The summed E-state index contributed by atoms with van der Waals surface area (Å²) in [5.41, 5.74) is -0.462. The fourth-order valence-corrected chi connectivity index (χ4v) is 2.18. The molecule has 154 valence electrons. The maximum Gasteiger partial charge on any atom is 0.325 e. The topological polar surface area (TPSA) is 103 Å². The van der Waals surface area contributed by atoms with Gasteiger partial charge in [0.1, 0.15) is 35.4 Å². The standard InChI is InChI=1S/C19H18F2N2O6/c1-27-12-6-11(7-13(8-12)28-2)19(26)22-9-17(25)29-10-16(24)23-18-14(20)4-3-5-15(18)21/h3-8H,9-10H2,1-2H3,(H,22,26)(H,23,24). The number of anilines is 1. The number of benzene rings is 2. The van der Waals surface area contributed by atoms with Crippen LogP contribution in [0.15, 0.2) is 36.4 Å². The molecule has 8 nitrogen and oxygen atoms in total. The Kier molecular flexibility index (Phi) is 7.47. The van der Waals surface area contributed by atoms with Gasteiger partial charge in [-0.15, -0.1) is 0 Å². The normalized spacial score (nSPS) is 10.1. The van der Waals surface area contributed by atoms with Crippen LogP contribution in [0, 0.1) is 11.6 Å². The molecule has 2 aromatic rings. The first-order valence-corrected chi connectivity index (χ1v) is 8.24. The Balaban J connectivity index is 1.84. The second kappa shape index (κ2) is 10.0. The van der Waals surface area contributed by atoms with Crippen LogP contribution in [-0.4, -0.2) is 45.2 Å². The monoisotopic (exact) mass is 408 g/mol. The van der Waals surface area contributed by atoms with Crippen LogP contribution in [0.4, 0.5) is 14.5 Å². The third-order valence-electron chi connectivity index (χ3n) is 3.60. The van der Waals surface area contributed by atoms with E-state index in [-0.39, 0.29) is 5.56 Å². The molecular formula is C19H18F2N2O6. The van der Waals surface area contributed by atoms with Crippen LogP contribution in [0.5, 0.6) is 11.5 Å². The maximum absolute atomic E-state index is 13.5. The van der Waals surface area contributed by atoms with Crippen LogP contribution in [0.25, 0.3) is 0 Å². The van der Waals surface area contributed by atoms with E-state index in [4.69, 9.17) is 9.47 Å². The van der Waals surface area contributed by atoms with Crippen molar-refractivity contribution in [3.63, 3.8) is 0 Å². The van der Waals surface area contributed by atoms with E-state index >= 15 is 0 Å². The lowest BCUT2D eigenvalue weighted by molar-refractivity contribution is -0.146. The molecule has 0 saturated heterocycles. The number of rotatable bonds is 8. The van der Waals surface area contributed by atoms with Crippen LogP contribution >= 0.6 is 0 Å². The number of hydrogen-bond acceptors (Lipinski definition) is 6. The number of carbonyl (C=O) groups is 3. The first kappa shape index (κ1) is 21.6. The summed E-state index contributed by atoms with van der Waals surface area (Å²) in [7, 11) is 2.85. The SMILES string of the molecule is COc1cc(OC)cc(C(=O)NCC(=O)OCC(=O)Nc2c(F)cccc2F)c1. The number of ether oxygens (including phenoxy) is 3. The Bertz CT molecular complexity index is 877. The molecule has 10 heteroatoms. The second-order valence-electron chi connectivity index (χ2n) is 5.59. The zero-order valence-electron chi connectivity index (χ0n) is 15.6. The van der Waals surface area contributed by atoms with Gasteiger partial charge in [0, 0.05) is 11.6 Å². The molecule has 0 heterocycles. The molecule has 0 radical (unpaired) electrons. The molecular weight excluding hydrogens is 390 g/mol. The van der Waals surface area contributed by atoms with Gasteiger partial charge in [0.2, 0.25) is 0 Å². The molecule has 0 spiro atoms. The Morgan fingerprint density at radius 2 is 1.55 bits per heavy atom. The molecule has 0 bridgehead atoms. The van der Waals surface area contributed by atoms with Crippen LogP contribution in [0.1, 0.15) is 10.4 Å². The predicted octanol–water partition coefficient (Wildman–Crippen LogP) is 1.89. The Hall–Kier alpha value is -3.69. The molecule has 0 atom stereocenters. The number of halogens is 2. The number of esters is 1. The third kappa shape index (κ3) is 6.16. The number of amides is 2. The lowest BCUT2D eigenvalue weighted by atomic mass is 10.2. The quantitative estimate of drug-likeness (QED) is 0.647. The van der Waals surface area contributed by atoms with E-state index in [1.807, 2.05) is 5.32 Å². The number of hydrogen-bond donors (Lipinski definition) is 2. The minimum atomic E-state index is -0.967. The van der Waals surface area contributed by atoms with E-state index in [9.17, 15) is 23.2 Å². The second-order valence-corrected chi connectivity index (χ2v) is 5.59. The molecule has 2 rings (SSSR count). The van der Waals surface area contributed by atoms with Gasteiger partial charge < -0.3 is 24.8 Å². The van der Waals surface area contributed by atoms with E-state index < -0.39 is 48.3 Å². The average molecular weight is 408 g/mol. The first-order valence-electron chi connectivity index (χ1n) is 8.24. The van der Waals surface area contributed by atoms with Crippen molar-refractivity contribution < 1.29 is 37.4 Å². The molecule has 29 heavy (non-hydrogen) atoms. The molecule has 0 aliphatic rings. The van der Waals surface area contributed by atoms with Crippen LogP contribution < -0.4 is 20.1 Å². The summed E-state index contributed by atoms with van der Waals surface area (Å²) in [5, 5.41) is 4.29.